The summed E-state index contributed by atoms with van der Waals surface area (Å²) in [6, 6.07) is 0. The third-order valence-electron chi connectivity index (χ3n) is 3.09. The Morgan fingerprint density at radius 1 is 1.29 bits per heavy atom. The summed E-state index contributed by atoms with van der Waals surface area (Å²) in [5.74, 6) is 1.48. The van der Waals surface area contributed by atoms with Crippen LogP contribution in [0.1, 0.15) is 11.7 Å². The Kier molecular flexibility index (Phi) is 4.47. The zero-order chi connectivity index (χ0) is 12.1. The maximum atomic E-state index is 5.11. The standard InChI is InChI=1S/C11H21N5O/c1-12-9-11-13-10(14-17-11)3-4-16-7-5-15(2)6-8-16/h12H,3-9H2,1-2H3. The molecular weight excluding hydrogens is 218 g/mol. The Labute approximate surface area is 102 Å². The molecule has 0 amide bonds. The first kappa shape index (κ1) is 12.5. The summed E-state index contributed by atoms with van der Waals surface area (Å²) >= 11 is 0. The highest BCUT2D eigenvalue weighted by atomic mass is 16.5. The summed E-state index contributed by atoms with van der Waals surface area (Å²) in [5, 5.41) is 6.97. The lowest BCUT2D eigenvalue weighted by molar-refractivity contribution is 0.154. The number of aromatic nitrogens is 2. The molecule has 1 aliphatic heterocycles. The molecule has 1 saturated heterocycles. The summed E-state index contributed by atoms with van der Waals surface area (Å²) < 4.78 is 5.11. The first-order valence-corrected chi connectivity index (χ1v) is 6.15. The van der Waals surface area contributed by atoms with Gasteiger partial charge < -0.3 is 19.6 Å². The topological polar surface area (TPSA) is 57.4 Å². The van der Waals surface area contributed by atoms with E-state index in [9.17, 15) is 0 Å². The third-order valence-corrected chi connectivity index (χ3v) is 3.09. The number of nitrogens with one attached hydrogen (secondary N) is 1. The van der Waals surface area contributed by atoms with Gasteiger partial charge in [-0.15, -0.1) is 0 Å². The molecule has 6 nitrogen and oxygen atoms in total. The Morgan fingerprint density at radius 2 is 2.06 bits per heavy atom. The molecule has 1 aromatic heterocycles. The minimum Gasteiger partial charge on any atom is -0.338 e. The average molecular weight is 239 g/mol. The molecule has 0 bridgehead atoms. The SMILES string of the molecule is CNCc1nc(CCN2CCN(C)CC2)no1. The molecule has 2 heterocycles. The molecule has 0 aromatic carbocycles. The van der Waals surface area contributed by atoms with Crippen LogP contribution in [0.4, 0.5) is 0 Å². The van der Waals surface area contributed by atoms with Gasteiger partial charge in [-0.3, -0.25) is 0 Å². The predicted octanol–water partition coefficient (Wildman–Crippen LogP) is -0.421. The minimum absolute atomic E-state index is 0.640. The second kappa shape index (κ2) is 6.09. The molecule has 1 N–H and O–H groups in total. The fourth-order valence-corrected chi connectivity index (χ4v) is 1.94. The lowest BCUT2D eigenvalue weighted by Gasteiger charge is -2.31. The Morgan fingerprint density at radius 3 is 2.76 bits per heavy atom. The average Bonchev–Trinajstić information content (AvgIpc) is 2.77. The lowest BCUT2D eigenvalue weighted by Crippen LogP contribution is -2.45. The van der Waals surface area contributed by atoms with Gasteiger partial charge in [0.05, 0.1) is 6.54 Å². The molecule has 0 saturated carbocycles. The number of likely N-dealkylation sites (N-methyl/N-ethyl adjacent to an activating group) is 1. The van der Waals surface area contributed by atoms with Crippen molar-refractivity contribution in [2.24, 2.45) is 0 Å². The van der Waals surface area contributed by atoms with E-state index in [1.807, 2.05) is 7.05 Å². The number of hydrogen-bond acceptors (Lipinski definition) is 6. The van der Waals surface area contributed by atoms with Crippen LogP contribution in [0.2, 0.25) is 0 Å². The van der Waals surface area contributed by atoms with Crippen LogP contribution in [0.15, 0.2) is 4.52 Å². The smallest absolute Gasteiger partial charge is 0.240 e. The zero-order valence-corrected chi connectivity index (χ0v) is 10.6. The van der Waals surface area contributed by atoms with E-state index in [0.29, 0.717) is 12.4 Å². The van der Waals surface area contributed by atoms with Crippen molar-refractivity contribution in [3.63, 3.8) is 0 Å². The van der Waals surface area contributed by atoms with Crippen LogP contribution in [0.5, 0.6) is 0 Å². The molecule has 96 valence electrons. The van der Waals surface area contributed by atoms with Crippen LogP contribution in [0, 0.1) is 0 Å². The highest BCUT2D eigenvalue weighted by Crippen LogP contribution is 2.02. The molecule has 1 fully saturated rings. The van der Waals surface area contributed by atoms with Gasteiger partial charge in [0.2, 0.25) is 5.89 Å². The predicted molar refractivity (Wildman–Crippen MR) is 64.7 cm³/mol. The number of piperazine rings is 1. The number of nitrogens with zero attached hydrogens (tertiary/aromatic N) is 4. The van der Waals surface area contributed by atoms with Crippen LogP contribution in [0.25, 0.3) is 0 Å². The van der Waals surface area contributed by atoms with Crippen molar-refractivity contribution in [2.75, 3.05) is 46.8 Å². The van der Waals surface area contributed by atoms with Gasteiger partial charge in [0.1, 0.15) is 0 Å². The second-order valence-corrected chi connectivity index (χ2v) is 4.53. The summed E-state index contributed by atoms with van der Waals surface area (Å²) in [6.45, 7) is 6.23. The normalized spacial score (nSPS) is 18.7. The maximum Gasteiger partial charge on any atom is 0.240 e. The summed E-state index contributed by atoms with van der Waals surface area (Å²) in [7, 11) is 4.04. The van der Waals surface area contributed by atoms with Crippen LogP contribution < -0.4 is 5.32 Å². The van der Waals surface area contributed by atoms with E-state index in [1.54, 1.807) is 0 Å². The van der Waals surface area contributed by atoms with Crippen molar-refractivity contribution in [2.45, 2.75) is 13.0 Å². The van der Waals surface area contributed by atoms with E-state index in [1.165, 1.54) is 0 Å². The third kappa shape index (κ3) is 3.76. The van der Waals surface area contributed by atoms with Gasteiger partial charge in [-0.05, 0) is 14.1 Å². The van der Waals surface area contributed by atoms with Crippen molar-refractivity contribution in [1.82, 2.24) is 25.3 Å². The summed E-state index contributed by atoms with van der Waals surface area (Å²) in [4.78, 5) is 9.13. The molecular formula is C11H21N5O. The van der Waals surface area contributed by atoms with Crippen LogP contribution in [-0.4, -0.2) is 66.8 Å². The van der Waals surface area contributed by atoms with E-state index in [2.05, 4.69) is 32.3 Å². The molecule has 17 heavy (non-hydrogen) atoms. The number of rotatable bonds is 5. The first-order valence-electron chi connectivity index (χ1n) is 6.15. The fraction of sp³-hybridized carbons (Fsp3) is 0.818. The molecule has 0 atom stereocenters. The van der Waals surface area contributed by atoms with Gasteiger partial charge in [0.15, 0.2) is 5.82 Å². The van der Waals surface area contributed by atoms with Gasteiger partial charge in [0.25, 0.3) is 0 Å². The monoisotopic (exact) mass is 239 g/mol. The van der Waals surface area contributed by atoms with Gasteiger partial charge in [0, 0.05) is 39.1 Å². The summed E-state index contributed by atoms with van der Waals surface area (Å²) in [6.07, 6.45) is 0.872. The van der Waals surface area contributed by atoms with Gasteiger partial charge in [-0.1, -0.05) is 5.16 Å². The summed E-state index contributed by atoms with van der Waals surface area (Å²) in [5.41, 5.74) is 0. The van der Waals surface area contributed by atoms with Gasteiger partial charge in [-0.2, -0.15) is 4.98 Å². The molecule has 0 aliphatic carbocycles. The number of hydrogen-bond donors (Lipinski definition) is 1. The highest BCUT2D eigenvalue weighted by Gasteiger charge is 2.14. The van der Waals surface area contributed by atoms with E-state index < -0.39 is 0 Å². The van der Waals surface area contributed by atoms with E-state index in [-0.39, 0.29) is 0 Å². The largest absolute Gasteiger partial charge is 0.338 e. The molecule has 0 spiro atoms. The van der Waals surface area contributed by atoms with E-state index in [0.717, 1.165) is 45.0 Å². The first-order chi connectivity index (χ1) is 8.28. The van der Waals surface area contributed by atoms with Crippen molar-refractivity contribution < 1.29 is 4.52 Å². The van der Waals surface area contributed by atoms with Crippen LogP contribution >= 0.6 is 0 Å². The Balaban J connectivity index is 1.73. The van der Waals surface area contributed by atoms with Gasteiger partial charge >= 0.3 is 0 Å². The van der Waals surface area contributed by atoms with Crippen LogP contribution in [0.3, 0.4) is 0 Å². The zero-order valence-electron chi connectivity index (χ0n) is 10.6. The fourth-order valence-electron chi connectivity index (χ4n) is 1.94. The van der Waals surface area contributed by atoms with Crippen molar-refractivity contribution in [1.29, 1.82) is 0 Å². The van der Waals surface area contributed by atoms with E-state index >= 15 is 0 Å². The van der Waals surface area contributed by atoms with Crippen molar-refractivity contribution in [3.05, 3.63) is 11.7 Å². The molecule has 0 radical (unpaired) electrons. The molecule has 1 aliphatic rings. The lowest BCUT2D eigenvalue weighted by atomic mass is 10.3. The Hall–Kier alpha value is -0.980. The van der Waals surface area contributed by atoms with Crippen molar-refractivity contribution in [3.8, 4) is 0 Å². The molecule has 2 rings (SSSR count). The molecule has 6 heteroatoms. The minimum atomic E-state index is 0.640. The molecule has 1 aromatic rings. The van der Waals surface area contributed by atoms with Crippen molar-refractivity contribution >= 4 is 0 Å². The molecule has 0 unspecified atom stereocenters. The van der Waals surface area contributed by atoms with Crippen LogP contribution in [-0.2, 0) is 13.0 Å². The quantitative estimate of drug-likeness (QED) is 0.753. The second-order valence-electron chi connectivity index (χ2n) is 4.53. The Bertz CT molecular complexity index is 332. The highest BCUT2D eigenvalue weighted by molar-refractivity contribution is 4.87. The van der Waals surface area contributed by atoms with Gasteiger partial charge in [-0.25, -0.2) is 0 Å². The van der Waals surface area contributed by atoms with E-state index in [4.69, 9.17) is 4.52 Å². The maximum absolute atomic E-state index is 5.11.